The van der Waals surface area contributed by atoms with Crippen LogP contribution in [0.4, 0.5) is 0 Å². The summed E-state index contributed by atoms with van der Waals surface area (Å²) in [5.41, 5.74) is 1.91. The lowest BCUT2D eigenvalue weighted by Crippen LogP contribution is -2.26. The van der Waals surface area contributed by atoms with Crippen molar-refractivity contribution in [3.63, 3.8) is 0 Å². The number of halogens is 1. The van der Waals surface area contributed by atoms with Gasteiger partial charge in [0, 0.05) is 20.0 Å². The van der Waals surface area contributed by atoms with E-state index in [1.165, 1.54) is 0 Å². The highest BCUT2D eigenvalue weighted by atomic mass is 35.5. The van der Waals surface area contributed by atoms with Crippen molar-refractivity contribution in [2.75, 3.05) is 20.8 Å². The third-order valence-corrected chi connectivity index (χ3v) is 4.27. The van der Waals surface area contributed by atoms with E-state index in [0.717, 1.165) is 11.1 Å². The van der Waals surface area contributed by atoms with E-state index < -0.39 is 5.97 Å². The van der Waals surface area contributed by atoms with Crippen LogP contribution in [0.1, 0.15) is 17.5 Å². The summed E-state index contributed by atoms with van der Waals surface area (Å²) in [4.78, 5) is 24.5. The van der Waals surface area contributed by atoms with Crippen molar-refractivity contribution in [3.8, 4) is 11.5 Å². The van der Waals surface area contributed by atoms with Crippen molar-refractivity contribution in [1.29, 1.82) is 0 Å². The first-order valence-electron chi connectivity index (χ1n) is 8.39. The maximum atomic E-state index is 12.4. The Balaban J connectivity index is 1.84. The van der Waals surface area contributed by atoms with E-state index in [2.05, 4.69) is 0 Å². The van der Waals surface area contributed by atoms with Gasteiger partial charge in [0.2, 0.25) is 5.91 Å². The molecule has 0 atom stereocenters. The van der Waals surface area contributed by atoms with Crippen molar-refractivity contribution in [3.05, 3.63) is 58.6 Å². The van der Waals surface area contributed by atoms with Gasteiger partial charge >= 0.3 is 5.97 Å². The molecule has 0 aliphatic rings. The van der Waals surface area contributed by atoms with Gasteiger partial charge in [-0.1, -0.05) is 29.8 Å². The summed E-state index contributed by atoms with van der Waals surface area (Å²) in [5, 5.41) is 9.13. The molecule has 2 rings (SSSR count). The van der Waals surface area contributed by atoms with Crippen molar-refractivity contribution in [2.45, 2.75) is 19.4 Å². The van der Waals surface area contributed by atoms with Gasteiger partial charge in [0.1, 0.15) is 11.5 Å². The van der Waals surface area contributed by atoms with E-state index in [1.807, 2.05) is 24.3 Å². The number of nitrogens with zero attached hydrogens (tertiary/aromatic N) is 1. The van der Waals surface area contributed by atoms with Crippen LogP contribution in [0.15, 0.2) is 42.5 Å². The molecule has 0 aromatic heterocycles. The lowest BCUT2D eigenvalue weighted by Gasteiger charge is -2.17. The monoisotopic (exact) mass is 391 g/mol. The second-order valence-corrected chi connectivity index (χ2v) is 6.45. The summed E-state index contributed by atoms with van der Waals surface area (Å²) in [6.07, 6.45) is 0.966. The van der Waals surface area contributed by atoms with Crippen LogP contribution in [-0.2, 0) is 22.6 Å². The smallest absolute Gasteiger partial charge is 0.341 e. The zero-order chi connectivity index (χ0) is 19.8. The lowest BCUT2D eigenvalue weighted by atomic mass is 10.1. The Bertz CT molecular complexity index is 791. The quantitative estimate of drug-likeness (QED) is 0.709. The number of carboxylic acid groups (broad SMARTS) is 1. The number of carbonyl (C=O) groups is 2. The average molecular weight is 392 g/mol. The molecule has 0 heterocycles. The Morgan fingerprint density at radius 2 is 1.78 bits per heavy atom. The number of aryl methyl sites for hydroxylation is 1. The van der Waals surface area contributed by atoms with Crippen molar-refractivity contribution >= 4 is 23.5 Å². The topological polar surface area (TPSA) is 76.1 Å². The van der Waals surface area contributed by atoms with E-state index in [4.69, 9.17) is 26.2 Å². The lowest BCUT2D eigenvalue weighted by molar-refractivity contribution is -0.139. The van der Waals surface area contributed by atoms with Gasteiger partial charge in [-0.3, -0.25) is 4.79 Å². The molecule has 0 saturated heterocycles. The Morgan fingerprint density at radius 1 is 1.11 bits per heavy atom. The fourth-order valence-electron chi connectivity index (χ4n) is 2.51. The van der Waals surface area contributed by atoms with Crippen molar-refractivity contribution in [2.24, 2.45) is 0 Å². The first-order chi connectivity index (χ1) is 12.9. The third kappa shape index (κ3) is 6.49. The number of amides is 1. The van der Waals surface area contributed by atoms with E-state index in [0.29, 0.717) is 35.9 Å². The van der Waals surface area contributed by atoms with Crippen LogP contribution in [0, 0.1) is 0 Å². The molecule has 6 nitrogen and oxygen atoms in total. The van der Waals surface area contributed by atoms with Crippen LogP contribution < -0.4 is 9.47 Å². The van der Waals surface area contributed by atoms with Crippen LogP contribution in [0.3, 0.4) is 0 Å². The number of carboxylic acids is 1. The molecule has 0 bridgehead atoms. The summed E-state index contributed by atoms with van der Waals surface area (Å²) >= 11 is 6.10. The summed E-state index contributed by atoms with van der Waals surface area (Å²) < 4.78 is 10.2. The number of hydrogen-bond donors (Lipinski definition) is 1. The van der Waals surface area contributed by atoms with Gasteiger partial charge in [0.15, 0.2) is 6.61 Å². The van der Waals surface area contributed by atoms with Crippen molar-refractivity contribution in [1.82, 2.24) is 4.90 Å². The highest BCUT2D eigenvalue weighted by Gasteiger charge is 2.11. The number of methoxy groups -OCH3 is 1. The number of aliphatic carboxylic acids is 1. The highest BCUT2D eigenvalue weighted by Crippen LogP contribution is 2.25. The van der Waals surface area contributed by atoms with Crippen LogP contribution in [0.25, 0.3) is 0 Å². The number of rotatable bonds is 9. The molecule has 0 unspecified atom stereocenters. The first-order valence-corrected chi connectivity index (χ1v) is 8.76. The third-order valence-electron chi connectivity index (χ3n) is 3.97. The second-order valence-electron chi connectivity index (χ2n) is 6.05. The molecule has 0 saturated carbocycles. The Morgan fingerprint density at radius 3 is 2.37 bits per heavy atom. The van der Waals surface area contributed by atoms with Gasteiger partial charge in [-0.15, -0.1) is 0 Å². The van der Waals surface area contributed by atoms with Crippen LogP contribution in [0.5, 0.6) is 11.5 Å². The Hall–Kier alpha value is -2.73. The molecule has 0 aliphatic carbocycles. The molecule has 1 N–H and O–H groups in total. The maximum Gasteiger partial charge on any atom is 0.341 e. The zero-order valence-electron chi connectivity index (χ0n) is 15.3. The van der Waals surface area contributed by atoms with Gasteiger partial charge in [-0.05, 0) is 41.8 Å². The second kappa shape index (κ2) is 9.83. The average Bonchev–Trinajstić information content (AvgIpc) is 2.65. The summed E-state index contributed by atoms with van der Waals surface area (Å²) in [6.45, 7) is 0.0779. The fraction of sp³-hybridized carbons (Fsp3) is 0.300. The van der Waals surface area contributed by atoms with Gasteiger partial charge < -0.3 is 19.5 Å². The largest absolute Gasteiger partial charge is 0.495 e. The molecule has 27 heavy (non-hydrogen) atoms. The minimum atomic E-state index is -1.03. The van der Waals surface area contributed by atoms with Crippen LogP contribution in [-0.4, -0.2) is 42.6 Å². The number of benzene rings is 2. The fourth-order valence-corrected chi connectivity index (χ4v) is 2.79. The normalized spacial score (nSPS) is 10.3. The predicted octanol–water partition coefficient (Wildman–Crippen LogP) is 3.40. The molecular formula is C20H22ClNO5. The molecule has 0 aliphatic heterocycles. The number of hydrogen-bond acceptors (Lipinski definition) is 4. The van der Waals surface area contributed by atoms with E-state index in [1.54, 1.807) is 37.3 Å². The number of carbonyl (C=O) groups excluding carboxylic acids is 1. The zero-order valence-corrected chi connectivity index (χ0v) is 16.0. The molecule has 0 spiro atoms. The highest BCUT2D eigenvalue weighted by molar-refractivity contribution is 6.32. The molecule has 0 fully saturated rings. The van der Waals surface area contributed by atoms with Gasteiger partial charge in [-0.25, -0.2) is 4.79 Å². The van der Waals surface area contributed by atoms with Crippen molar-refractivity contribution < 1.29 is 24.2 Å². The standard InChI is InChI=1S/C20H22ClNO5/c1-22(12-15-3-7-16(8-4-15)27-13-20(24)25)19(23)10-6-14-5-9-18(26-2)17(21)11-14/h3-5,7-9,11H,6,10,12-13H2,1-2H3,(H,24,25). The minimum Gasteiger partial charge on any atom is -0.495 e. The predicted molar refractivity (Wildman–Crippen MR) is 102 cm³/mol. The molecule has 0 radical (unpaired) electrons. The SMILES string of the molecule is COc1ccc(CCC(=O)N(C)Cc2ccc(OCC(=O)O)cc2)cc1Cl. The minimum absolute atomic E-state index is 0.0214. The van der Waals surface area contributed by atoms with Crippen LogP contribution >= 0.6 is 11.6 Å². The molecule has 7 heteroatoms. The van der Waals surface area contributed by atoms with Crippen LogP contribution in [0.2, 0.25) is 5.02 Å². The summed E-state index contributed by atoms with van der Waals surface area (Å²) in [7, 11) is 3.31. The van der Waals surface area contributed by atoms with Gasteiger partial charge in [0.05, 0.1) is 12.1 Å². The molecule has 1 amide bonds. The van der Waals surface area contributed by atoms with Gasteiger partial charge in [-0.2, -0.15) is 0 Å². The van der Waals surface area contributed by atoms with Gasteiger partial charge in [0.25, 0.3) is 0 Å². The molecule has 2 aromatic carbocycles. The number of ether oxygens (including phenoxy) is 2. The van der Waals surface area contributed by atoms with E-state index >= 15 is 0 Å². The Kier molecular flexibility index (Phi) is 7.49. The summed E-state index contributed by atoms with van der Waals surface area (Å²) in [6, 6.07) is 12.5. The maximum absolute atomic E-state index is 12.4. The van der Waals surface area contributed by atoms with E-state index in [-0.39, 0.29) is 12.5 Å². The molecule has 144 valence electrons. The first kappa shape index (κ1) is 20.6. The molecular weight excluding hydrogens is 370 g/mol. The Labute approximate surface area is 163 Å². The van der Waals surface area contributed by atoms with E-state index in [9.17, 15) is 9.59 Å². The molecule has 2 aromatic rings. The summed E-state index contributed by atoms with van der Waals surface area (Å²) in [5.74, 6) is 0.0851.